The van der Waals surface area contributed by atoms with Crippen molar-refractivity contribution in [2.24, 2.45) is 0 Å². The van der Waals surface area contributed by atoms with Crippen molar-refractivity contribution in [2.75, 3.05) is 6.61 Å². The normalized spacial score (nSPS) is 20.0. The molecule has 7 nitrogen and oxygen atoms in total. The first-order valence-electron chi connectivity index (χ1n) is 9.02. The Bertz CT molecular complexity index is 576. The molecule has 2 atom stereocenters. The molecule has 2 unspecified atom stereocenters. The third kappa shape index (κ3) is 5.24. The zero-order valence-corrected chi connectivity index (χ0v) is 14.9. The summed E-state index contributed by atoms with van der Waals surface area (Å²) < 4.78 is 5.84. The van der Waals surface area contributed by atoms with Gasteiger partial charge in [0.25, 0.3) is 11.6 Å². The maximum atomic E-state index is 12.8. The number of hydrazine groups is 1. The molecule has 7 heteroatoms. The van der Waals surface area contributed by atoms with Crippen LogP contribution in [0.15, 0.2) is 24.3 Å². The molecule has 1 saturated heterocycles. The fourth-order valence-electron chi connectivity index (χ4n) is 2.96. The van der Waals surface area contributed by atoms with Crippen LogP contribution in [0.25, 0.3) is 0 Å². The van der Waals surface area contributed by atoms with E-state index in [0.717, 1.165) is 32.1 Å². The summed E-state index contributed by atoms with van der Waals surface area (Å²) in [5.41, 5.74) is 3.66. The number of rotatable bonds is 9. The molecule has 1 aliphatic heterocycles. The van der Waals surface area contributed by atoms with Gasteiger partial charge in [-0.25, -0.2) is 10.4 Å². The van der Waals surface area contributed by atoms with E-state index in [1.807, 2.05) is 6.92 Å². The average Bonchev–Trinajstić information content (AvgIpc) is 3.02. The molecule has 0 saturated carbocycles. The van der Waals surface area contributed by atoms with Gasteiger partial charge in [-0.15, -0.1) is 0 Å². The van der Waals surface area contributed by atoms with Gasteiger partial charge in [-0.3, -0.25) is 14.9 Å². The van der Waals surface area contributed by atoms with E-state index in [9.17, 15) is 14.9 Å². The van der Waals surface area contributed by atoms with E-state index >= 15 is 0 Å². The Morgan fingerprint density at radius 2 is 2.00 bits per heavy atom. The van der Waals surface area contributed by atoms with Gasteiger partial charge in [0.1, 0.15) is 6.23 Å². The Balaban J connectivity index is 2.06. The van der Waals surface area contributed by atoms with Crippen molar-refractivity contribution >= 4 is 11.6 Å². The quantitative estimate of drug-likeness (QED) is 0.418. The maximum Gasteiger partial charge on any atom is 0.270 e. The SMILES string of the molecule is CCCCCC1CC(OCCC)N(C(=O)c2ccc([N+](=O)[O-])cc2)N1. The van der Waals surface area contributed by atoms with Crippen molar-refractivity contribution in [2.45, 2.75) is 64.6 Å². The predicted octanol–water partition coefficient (Wildman–Crippen LogP) is 3.65. The van der Waals surface area contributed by atoms with Gasteiger partial charge in [0.05, 0.1) is 4.92 Å². The minimum Gasteiger partial charge on any atom is -0.357 e. The number of carbonyl (C=O) groups excluding carboxylic acids is 1. The highest BCUT2D eigenvalue weighted by Crippen LogP contribution is 2.23. The van der Waals surface area contributed by atoms with E-state index in [0.29, 0.717) is 12.2 Å². The van der Waals surface area contributed by atoms with E-state index in [-0.39, 0.29) is 23.9 Å². The molecule has 0 bridgehead atoms. The highest BCUT2D eigenvalue weighted by molar-refractivity contribution is 5.94. The van der Waals surface area contributed by atoms with Crippen LogP contribution in [-0.4, -0.2) is 34.7 Å². The van der Waals surface area contributed by atoms with E-state index in [1.54, 1.807) is 5.01 Å². The van der Waals surface area contributed by atoms with Gasteiger partial charge in [-0.1, -0.05) is 33.1 Å². The molecule has 1 N–H and O–H groups in total. The standard InChI is InChI=1S/C18H27N3O4/c1-3-5-6-7-15-13-17(25-12-4-2)20(19-15)18(22)14-8-10-16(11-9-14)21(23)24/h8-11,15,17,19H,3-7,12-13H2,1-2H3. The molecule has 25 heavy (non-hydrogen) atoms. The fraction of sp³-hybridized carbons (Fsp3) is 0.611. The maximum absolute atomic E-state index is 12.8. The molecule has 1 fully saturated rings. The van der Waals surface area contributed by atoms with Gasteiger partial charge in [-0.05, 0) is 25.0 Å². The monoisotopic (exact) mass is 349 g/mol. The van der Waals surface area contributed by atoms with Crippen LogP contribution in [0.2, 0.25) is 0 Å². The van der Waals surface area contributed by atoms with Gasteiger partial charge >= 0.3 is 0 Å². The van der Waals surface area contributed by atoms with Gasteiger partial charge in [0, 0.05) is 36.8 Å². The lowest BCUT2D eigenvalue weighted by Gasteiger charge is -2.24. The summed E-state index contributed by atoms with van der Waals surface area (Å²) in [6.07, 6.45) is 5.81. The Morgan fingerprint density at radius 3 is 2.60 bits per heavy atom. The lowest BCUT2D eigenvalue weighted by Crippen LogP contribution is -2.45. The van der Waals surface area contributed by atoms with Crippen molar-refractivity contribution in [3.8, 4) is 0 Å². The molecule has 0 aliphatic carbocycles. The molecule has 0 spiro atoms. The second kappa shape index (κ2) is 9.48. The van der Waals surface area contributed by atoms with Crippen LogP contribution in [-0.2, 0) is 4.74 Å². The number of nitro benzene ring substituents is 1. The number of nitrogens with one attached hydrogen (secondary N) is 1. The minimum absolute atomic E-state index is 0.0258. The molecule has 1 amide bonds. The topological polar surface area (TPSA) is 84.7 Å². The number of hydrogen-bond acceptors (Lipinski definition) is 5. The number of ether oxygens (including phenoxy) is 1. The highest BCUT2D eigenvalue weighted by atomic mass is 16.6. The number of nitrogens with zero attached hydrogens (tertiary/aromatic N) is 2. The summed E-state index contributed by atoms with van der Waals surface area (Å²) in [6, 6.07) is 5.90. The number of benzene rings is 1. The summed E-state index contributed by atoms with van der Waals surface area (Å²) in [6.45, 7) is 4.79. The smallest absolute Gasteiger partial charge is 0.270 e. The summed E-state index contributed by atoms with van der Waals surface area (Å²) >= 11 is 0. The van der Waals surface area contributed by atoms with Crippen LogP contribution < -0.4 is 5.43 Å². The molecular weight excluding hydrogens is 322 g/mol. The molecule has 1 aromatic carbocycles. The molecule has 2 rings (SSSR count). The van der Waals surface area contributed by atoms with Gasteiger partial charge in [0.15, 0.2) is 0 Å². The summed E-state index contributed by atoms with van der Waals surface area (Å²) in [7, 11) is 0. The number of amides is 1. The second-order valence-corrected chi connectivity index (χ2v) is 6.36. The van der Waals surface area contributed by atoms with Crippen LogP contribution in [0.1, 0.15) is 62.7 Å². The number of non-ortho nitro benzene ring substituents is 1. The first-order valence-corrected chi connectivity index (χ1v) is 9.02. The zero-order chi connectivity index (χ0) is 18.2. The van der Waals surface area contributed by atoms with Gasteiger partial charge < -0.3 is 4.74 Å². The third-order valence-electron chi connectivity index (χ3n) is 4.31. The van der Waals surface area contributed by atoms with E-state index in [1.165, 1.54) is 30.7 Å². The molecule has 0 radical (unpaired) electrons. The second-order valence-electron chi connectivity index (χ2n) is 6.36. The van der Waals surface area contributed by atoms with Crippen molar-refractivity contribution in [3.63, 3.8) is 0 Å². The molecule has 1 aromatic rings. The Hall–Kier alpha value is -1.99. The predicted molar refractivity (Wildman–Crippen MR) is 95.0 cm³/mol. The highest BCUT2D eigenvalue weighted by Gasteiger charge is 2.35. The van der Waals surface area contributed by atoms with Crippen LogP contribution in [0.4, 0.5) is 5.69 Å². The lowest BCUT2D eigenvalue weighted by molar-refractivity contribution is -0.384. The average molecular weight is 349 g/mol. The molecule has 1 heterocycles. The third-order valence-corrected chi connectivity index (χ3v) is 4.31. The first-order chi connectivity index (χ1) is 12.1. The lowest BCUT2D eigenvalue weighted by atomic mass is 10.1. The van der Waals surface area contributed by atoms with Crippen LogP contribution in [0.5, 0.6) is 0 Å². The van der Waals surface area contributed by atoms with Gasteiger partial charge in [-0.2, -0.15) is 0 Å². The van der Waals surface area contributed by atoms with Crippen LogP contribution >= 0.6 is 0 Å². The summed E-state index contributed by atoms with van der Waals surface area (Å²) in [4.78, 5) is 23.1. The Labute approximate surface area is 148 Å². The van der Waals surface area contributed by atoms with E-state index < -0.39 is 4.92 Å². The van der Waals surface area contributed by atoms with Crippen molar-refractivity contribution in [1.82, 2.24) is 10.4 Å². The minimum atomic E-state index is -0.473. The molecule has 138 valence electrons. The van der Waals surface area contributed by atoms with E-state index in [2.05, 4.69) is 12.3 Å². The number of hydrogen-bond donors (Lipinski definition) is 1. The van der Waals surface area contributed by atoms with Crippen molar-refractivity contribution in [3.05, 3.63) is 39.9 Å². The van der Waals surface area contributed by atoms with Crippen molar-refractivity contribution < 1.29 is 14.5 Å². The molecular formula is C18H27N3O4. The van der Waals surface area contributed by atoms with Gasteiger partial charge in [0.2, 0.25) is 0 Å². The number of nitro groups is 1. The Morgan fingerprint density at radius 1 is 1.28 bits per heavy atom. The van der Waals surface area contributed by atoms with Crippen LogP contribution in [0.3, 0.4) is 0 Å². The fourth-order valence-corrected chi connectivity index (χ4v) is 2.96. The van der Waals surface area contributed by atoms with E-state index in [4.69, 9.17) is 4.74 Å². The largest absolute Gasteiger partial charge is 0.357 e. The number of carbonyl (C=O) groups is 1. The summed E-state index contributed by atoms with van der Waals surface area (Å²) in [5, 5.41) is 12.3. The summed E-state index contributed by atoms with van der Waals surface area (Å²) in [5.74, 6) is -0.214. The number of unbranched alkanes of at least 4 members (excludes halogenated alkanes) is 2. The molecule has 1 aliphatic rings. The van der Waals surface area contributed by atoms with Crippen molar-refractivity contribution in [1.29, 1.82) is 0 Å². The molecule has 0 aromatic heterocycles. The van der Waals surface area contributed by atoms with Crippen LogP contribution in [0, 0.1) is 10.1 Å². The first kappa shape index (κ1) is 19.3. The Kier molecular flexibility index (Phi) is 7.33. The zero-order valence-electron chi connectivity index (χ0n) is 14.9.